The second-order valence-corrected chi connectivity index (χ2v) is 4.81. The van der Waals surface area contributed by atoms with Crippen LogP contribution in [0, 0.1) is 6.92 Å². The molecule has 0 spiro atoms. The van der Waals surface area contributed by atoms with Crippen LogP contribution in [0.2, 0.25) is 0 Å². The van der Waals surface area contributed by atoms with Crippen LogP contribution in [0.15, 0.2) is 53.5 Å². The minimum Gasteiger partial charge on any atom is -0.398 e. The maximum absolute atomic E-state index is 12.0. The lowest BCUT2D eigenvalue weighted by Gasteiger charge is -2.12. The van der Waals surface area contributed by atoms with Gasteiger partial charge in [-0.25, -0.2) is 0 Å². The van der Waals surface area contributed by atoms with E-state index in [1.165, 1.54) is 0 Å². The van der Waals surface area contributed by atoms with Gasteiger partial charge in [0, 0.05) is 29.0 Å². The Bertz CT molecular complexity index is 836. The van der Waals surface area contributed by atoms with Crippen molar-refractivity contribution >= 4 is 16.6 Å². The molecule has 100 valence electrons. The Morgan fingerprint density at radius 1 is 1.15 bits per heavy atom. The number of pyridine rings is 2. The van der Waals surface area contributed by atoms with Crippen molar-refractivity contribution in [3.05, 3.63) is 70.3 Å². The van der Waals surface area contributed by atoms with Crippen LogP contribution in [0.25, 0.3) is 10.9 Å². The van der Waals surface area contributed by atoms with Crippen LogP contribution in [0.5, 0.6) is 0 Å². The van der Waals surface area contributed by atoms with Crippen molar-refractivity contribution in [2.24, 2.45) is 0 Å². The van der Waals surface area contributed by atoms with Crippen molar-refractivity contribution in [3.8, 4) is 0 Å². The van der Waals surface area contributed by atoms with Crippen LogP contribution in [0.3, 0.4) is 0 Å². The summed E-state index contributed by atoms with van der Waals surface area (Å²) in [5, 5.41) is 0.923. The number of anilines is 1. The van der Waals surface area contributed by atoms with Crippen LogP contribution in [-0.2, 0) is 6.54 Å². The van der Waals surface area contributed by atoms with E-state index in [-0.39, 0.29) is 5.56 Å². The van der Waals surface area contributed by atoms with E-state index in [4.69, 9.17) is 5.73 Å². The van der Waals surface area contributed by atoms with Crippen LogP contribution in [0.1, 0.15) is 11.3 Å². The first kappa shape index (κ1) is 12.4. The largest absolute Gasteiger partial charge is 0.398 e. The van der Waals surface area contributed by atoms with Gasteiger partial charge in [0.05, 0.1) is 12.1 Å². The average molecular weight is 265 g/mol. The molecule has 3 rings (SSSR count). The van der Waals surface area contributed by atoms with Gasteiger partial charge in [0.15, 0.2) is 0 Å². The molecule has 3 aromatic rings. The smallest absolute Gasteiger partial charge is 0.251 e. The highest BCUT2D eigenvalue weighted by Gasteiger charge is 2.07. The Hall–Kier alpha value is -2.62. The first-order valence-corrected chi connectivity index (χ1v) is 6.45. The van der Waals surface area contributed by atoms with Gasteiger partial charge in [0.25, 0.3) is 5.56 Å². The molecule has 0 fully saturated rings. The van der Waals surface area contributed by atoms with Gasteiger partial charge in [-0.3, -0.25) is 9.78 Å². The first-order chi connectivity index (χ1) is 9.66. The Kier molecular flexibility index (Phi) is 2.99. The molecule has 2 N–H and O–H groups in total. The summed E-state index contributed by atoms with van der Waals surface area (Å²) in [5.41, 5.74) is 9.43. The zero-order chi connectivity index (χ0) is 14.1. The van der Waals surface area contributed by atoms with E-state index in [1.54, 1.807) is 22.9 Å². The molecule has 0 aliphatic heterocycles. The van der Waals surface area contributed by atoms with Gasteiger partial charge in [-0.1, -0.05) is 12.1 Å². The molecular formula is C16H15N3O. The molecule has 2 aromatic heterocycles. The molecule has 0 aliphatic rings. The predicted octanol–water partition coefficient (Wildman–Crippen LogP) is 2.34. The second kappa shape index (κ2) is 4.81. The molecule has 0 saturated heterocycles. The van der Waals surface area contributed by atoms with Crippen molar-refractivity contribution in [1.29, 1.82) is 0 Å². The average Bonchev–Trinajstić information content (AvgIpc) is 2.46. The topological polar surface area (TPSA) is 60.9 Å². The van der Waals surface area contributed by atoms with Crippen LogP contribution in [-0.4, -0.2) is 9.55 Å². The van der Waals surface area contributed by atoms with E-state index >= 15 is 0 Å². The number of hydrogen-bond acceptors (Lipinski definition) is 3. The number of benzene rings is 1. The number of aryl methyl sites for hydroxylation is 1. The summed E-state index contributed by atoms with van der Waals surface area (Å²) in [5.74, 6) is 0. The summed E-state index contributed by atoms with van der Waals surface area (Å²) in [6.45, 7) is 2.42. The second-order valence-electron chi connectivity index (χ2n) is 4.81. The standard InChI is InChI=1S/C16H15N3O/c1-11-4-2-6-15(20)19(11)10-12-7-8-14(17)13-5-3-9-18-16(12)13/h2-9H,10,17H2,1H3. The third-order valence-electron chi connectivity index (χ3n) is 3.48. The molecule has 0 unspecified atom stereocenters. The lowest BCUT2D eigenvalue weighted by molar-refractivity contribution is 0.733. The predicted molar refractivity (Wildman–Crippen MR) is 80.7 cm³/mol. The lowest BCUT2D eigenvalue weighted by Crippen LogP contribution is -2.21. The monoisotopic (exact) mass is 265 g/mol. The van der Waals surface area contributed by atoms with Crippen molar-refractivity contribution < 1.29 is 0 Å². The number of aromatic nitrogens is 2. The van der Waals surface area contributed by atoms with Gasteiger partial charge in [-0.05, 0) is 36.8 Å². The van der Waals surface area contributed by atoms with Gasteiger partial charge in [-0.2, -0.15) is 0 Å². The molecule has 1 aromatic carbocycles. The minimum atomic E-state index is -0.00842. The summed E-state index contributed by atoms with van der Waals surface area (Å²) in [7, 11) is 0. The number of nitrogens with zero attached hydrogens (tertiary/aromatic N) is 2. The third-order valence-corrected chi connectivity index (χ3v) is 3.48. The summed E-state index contributed by atoms with van der Waals surface area (Å²) in [4.78, 5) is 16.4. The Morgan fingerprint density at radius 2 is 2.00 bits per heavy atom. The fourth-order valence-corrected chi connectivity index (χ4v) is 2.38. The maximum Gasteiger partial charge on any atom is 0.251 e. The molecule has 0 amide bonds. The molecule has 0 aliphatic carbocycles. The highest BCUT2D eigenvalue weighted by atomic mass is 16.1. The van der Waals surface area contributed by atoms with Crippen molar-refractivity contribution in [2.75, 3.05) is 5.73 Å². The Morgan fingerprint density at radius 3 is 2.80 bits per heavy atom. The van der Waals surface area contributed by atoms with Crippen molar-refractivity contribution in [1.82, 2.24) is 9.55 Å². The van der Waals surface area contributed by atoms with Gasteiger partial charge >= 0.3 is 0 Å². The van der Waals surface area contributed by atoms with Gasteiger partial charge in [-0.15, -0.1) is 0 Å². The zero-order valence-corrected chi connectivity index (χ0v) is 11.2. The molecule has 0 bridgehead atoms. The van der Waals surface area contributed by atoms with E-state index in [1.807, 2.05) is 37.3 Å². The number of rotatable bonds is 2. The summed E-state index contributed by atoms with van der Waals surface area (Å²) in [6, 6.07) is 12.9. The van der Waals surface area contributed by atoms with Crippen LogP contribution in [0.4, 0.5) is 5.69 Å². The van der Waals surface area contributed by atoms with E-state index in [9.17, 15) is 4.79 Å². The molecular weight excluding hydrogens is 250 g/mol. The number of fused-ring (bicyclic) bond motifs is 1. The zero-order valence-electron chi connectivity index (χ0n) is 11.2. The highest BCUT2D eigenvalue weighted by Crippen LogP contribution is 2.23. The van der Waals surface area contributed by atoms with Gasteiger partial charge in [0.2, 0.25) is 0 Å². The van der Waals surface area contributed by atoms with E-state index < -0.39 is 0 Å². The molecule has 0 saturated carbocycles. The molecule has 4 heteroatoms. The number of hydrogen-bond donors (Lipinski definition) is 1. The lowest BCUT2D eigenvalue weighted by atomic mass is 10.1. The number of nitrogen functional groups attached to an aromatic ring is 1. The number of nitrogens with two attached hydrogens (primary N) is 1. The molecule has 0 radical (unpaired) electrons. The van der Waals surface area contributed by atoms with Gasteiger partial charge in [0.1, 0.15) is 0 Å². The molecule has 2 heterocycles. The normalized spacial score (nSPS) is 10.8. The fraction of sp³-hybridized carbons (Fsp3) is 0.125. The van der Waals surface area contributed by atoms with Crippen LogP contribution < -0.4 is 11.3 Å². The molecule has 0 atom stereocenters. The molecule has 4 nitrogen and oxygen atoms in total. The quantitative estimate of drug-likeness (QED) is 0.723. The Labute approximate surface area is 116 Å². The first-order valence-electron chi connectivity index (χ1n) is 6.45. The summed E-state index contributed by atoms with van der Waals surface area (Å²) < 4.78 is 1.74. The summed E-state index contributed by atoms with van der Waals surface area (Å²) >= 11 is 0. The minimum absolute atomic E-state index is 0.00842. The summed E-state index contributed by atoms with van der Waals surface area (Å²) in [6.07, 6.45) is 1.74. The van der Waals surface area contributed by atoms with Crippen molar-refractivity contribution in [2.45, 2.75) is 13.5 Å². The van der Waals surface area contributed by atoms with E-state index in [2.05, 4.69) is 4.98 Å². The maximum atomic E-state index is 12.0. The van der Waals surface area contributed by atoms with Crippen molar-refractivity contribution in [3.63, 3.8) is 0 Å². The van der Waals surface area contributed by atoms with E-state index in [0.717, 1.165) is 22.2 Å². The van der Waals surface area contributed by atoms with Gasteiger partial charge < -0.3 is 10.3 Å². The Balaban J connectivity index is 2.17. The molecule has 20 heavy (non-hydrogen) atoms. The van der Waals surface area contributed by atoms with E-state index in [0.29, 0.717) is 12.2 Å². The fourth-order valence-electron chi connectivity index (χ4n) is 2.38. The van der Waals surface area contributed by atoms with Crippen LogP contribution >= 0.6 is 0 Å². The highest BCUT2D eigenvalue weighted by molar-refractivity contribution is 5.92. The SMILES string of the molecule is Cc1cccc(=O)n1Cc1ccc(N)c2cccnc12. The third kappa shape index (κ3) is 2.05.